The molecule has 7 heteroatoms. The van der Waals surface area contributed by atoms with Gasteiger partial charge in [0.15, 0.2) is 0 Å². The Balaban J connectivity index is 1.65. The van der Waals surface area contributed by atoms with E-state index < -0.39 is 0 Å². The van der Waals surface area contributed by atoms with Gasteiger partial charge in [0.2, 0.25) is 0 Å². The van der Waals surface area contributed by atoms with Crippen LogP contribution in [0.4, 0.5) is 0 Å². The summed E-state index contributed by atoms with van der Waals surface area (Å²) in [4.78, 5) is 16.3. The van der Waals surface area contributed by atoms with Crippen LogP contribution < -0.4 is 14.9 Å². The van der Waals surface area contributed by atoms with Gasteiger partial charge in [0.05, 0.1) is 37.8 Å². The molecule has 0 unspecified atom stereocenters. The Morgan fingerprint density at radius 3 is 2.88 bits per heavy atom. The van der Waals surface area contributed by atoms with E-state index in [1.165, 1.54) is 6.21 Å². The molecule has 1 N–H and O–H groups in total. The van der Waals surface area contributed by atoms with Crippen LogP contribution in [0.2, 0.25) is 0 Å². The molecular formula is C18H18N4O3. The first-order valence-electron chi connectivity index (χ1n) is 7.65. The lowest BCUT2D eigenvalue weighted by Crippen LogP contribution is -2.22. The molecule has 1 aromatic heterocycles. The van der Waals surface area contributed by atoms with Gasteiger partial charge < -0.3 is 14.0 Å². The Bertz CT molecular complexity index is 918. The van der Waals surface area contributed by atoms with E-state index in [9.17, 15) is 4.79 Å². The lowest BCUT2D eigenvalue weighted by Gasteiger charge is -2.07. The van der Waals surface area contributed by atoms with Crippen LogP contribution in [0.15, 0.2) is 53.9 Å². The summed E-state index contributed by atoms with van der Waals surface area (Å²) in [6.45, 7) is 0.137. The highest BCUT2D eigenvalue weighted by molar-refractivity contribution is 5.86. The maximum Gasteiger partial charge on any atom is 0.260 e. The second-order valence-electron chi connectivity index (χ2n) is 5.26. The van der Waals surface area contributed by atoms with Crippen LogP contribution in [0.1, 0.15) is 5.56 Å². The molecular weight excluding hydrogens is 320 g/mol. The van der Waals surface area contributed by atoms with E-state index in [0.717, 1.165) is 16.6 Å². The van der Waals surface area contributed by atoms with Crippen LogP contribution in [-0.4, -0.2) is 35.9 Å². The molecule has 0 atom stereocenters. The SMILES string of the molecule is COc1ccc(/C=N/NC(=O)Cn2cnc3ccccc32)c(OC)c1. The summed E-state index contributed by atoms with van der Waals surface area (Å²) < 4.78 is 12.2. The number of nitrogens with one attached hydrogen (secondary N) is 1. The Morgan fingerprint density at radius 2 is 2.08 bits per heavy atom. The minimum atomic E-state index is -0.244. The van der Waals surface area contributed by atoms with Crippen LogP contribution in [-0.2, 0) is 11.3 Å². The fraction of sp³-hybridized carbons (Fsp3) is 0.167. The number of carbonyl (C=O) groups excluding carboxylic acids is 1. The minimum Gasteiger partial charge on any atom is -0.497 e. The number of aromatic nitrogens is 2. The first kappa shape index (κ1) is 16.5. The Morgan fingerprint density at radius 1 is 1.24 bits per heavy atom. The van der Waals surface area contributed by atoms with Crippen molar-refractivity contribution in [2.75, 3.05) is 14.2 Å². The van der Waals surface area contributed by atoms with Gasteiger partial charge in [-0.3, -0.25) is 4.79 Å². The average molecular weight is 338 g/mol. The van der Waals surface area contributed by atoms with Gasteiger partial charge in [-0.05, 0) is 24.3 Å². The monoisotopic (exact) mass is 338 g/mol. The molecule has 0 spiro atoms. The second-order valence-corrected chi connectivity index (χ2v) is 5.26. The molecule has 0 bridgehead atoms. The third-order valence-corrected chi connectivity index (χ3v) is 3.67. The molecule has 0 saturated heterocycles. The number of methoxy groups -OCH3 is 2. The molecule has 0 fully saturated rings. The van der Waals surface area contributed by atoms with Crippen LogP contribution in [0.3, 0.4) is 0 Å². The van der Waals surface area contributed by atoms with Gasteiger partial charge in [-0.1, -0.05) is 12.1 Å². The first-order chi connectivity index (χ1) is 12.2. The van der Waals surface area contributed by atoms with Gasteiger partial charge in [0, 0.05) is 11.6 Å². The van der Waals surface area contributed by atoms with Gasteiger partial charge in [0.25, 0.3) is 5.91 Å². The normalized spacial score (nSPS) is 11.0. The summed E-state index contributed by atoms with van der Waals surface area (Å²) in [5.74, 6) is 1.05. The van der Waals surface area contributed by atoms with E-state index in [-0.39, 0.29) is 12.5 Å². The number of para-hydroxylation sites is 2. The molecule has 0 radical (unpaired) electrons. The maximum absolute atomic E-state index is 12.1. The zero-order valence-electron chi connectivity index (χ0n) is 14.0. The fourth-order valence-electron chi connectivity index (χ4n) is 2.43. The van der Waals surface area contributed by atoms with E-state index in [1.807, 2.05) is 24.3 Å². The van der Waals surface area contributed by atoms with Crippen molar-refractivity contribution in [1.29, 1.82) is 0 Å². The number of hydrogen-bond donors (Lipinski definition) is 1. The molecule has 3 rings (SSSR count). The van der Waals surface area contributed by atoms with E-state index in [2.05, 4.69) is 15.5 Å². The molecule has 0 aliphatic carbocycles. The Hall–Kier alpha value is -3.35. The maximum atomic E-state index is 12.1. The zero-order chi connectivity index (χ0) is 17.6. The summed E-state index contributed by atoms with van der Waals surface area (Å²) in [6, 6.07) is 13.0. The number of hydrazone groups is 1. The lowest BCUT2D eigenvalue weighted by molar-refractivity contribution is -0.121. The number of benzene rings is 2. The smallest absolute Gasteiger partial charge is 0.260 e. The van der Waals surface area contributed by atoms with Gasteiger partial charge >= 0.3 is 0 Å². The van der Waals surface area contributed by atoms with Crippen molar-refractivity contribution >= 4 is 23.2 Å². The molecule has 25 heavy (non-hydrogen) atoms. The van der Waals surface area contributed by atoms with Crippen molar-refractivity contribution < 1.29 is 14.3 Å². The predicted molar refractivity (Wildman–Crippen MR) is 95.0 cm³/mol. The third kappa shape index (κ3) is 3.77. The summed E-state index contributed by atoms with van der Waals surface area (Å²) in [5.41, 5.74) is 4.99. The number of imidazole rings is 1. The van der Waals surface area contributed by atoms with Crippen molar-refractivity contribution in [3.05, 3.63) is 54.4 Å². The van der Waals surface area contributed by atoms with Crippen LogP contribution in [0.5, 0.6) is 11.5 Å². The summed E-state index contributed by atoms with van der Waals surface area (Å²) in [6.07, 6.45) is 3.17. The van der Waals surface area contributed by atoms with Gasteiger partial charge in [-0.25, -0.2) is 10.4 Å². The van der Waals surface area contributed by atoms with Gasteiger partial charge in [-0.2, -0.15) is 5.10 Å². The summed E-state index contributed by atoms with van der Waals surface area (Å²) in [5, 5.41) is 3.99. The average Bonchev–Trinajstić information content (AvgIpc) is 3.05. The Labute approximate surface area is 144 Å². The first-order valence-corrected chi connectivity index (χ1v) is 7.65. The van der Waals surface area contributed by atoms with Gasteiger partial charge in [-0.15, -0.1) is 0 Å². The molecule has 1 heterocycles. The molecule has 1 amide bonds. The topological polar surface area (TPSA) is 77.7 Å². The van der Waals surface area contributed by atoms with Crippen molar-refractivity contribution in [3.63, 3.8) is 0 Å². The Kier molecular flexibility index (Phi) is 4.94. The quantitative estimate of drug-likeness (QED) is 0.552. The summed E-state index contributed by atoms with van der Waals surface area (Å²) >= 11 is 0. The molecule has 3 aromatic rings. The van der Waals surface area contributed by atoms with Crippen molar-refractivity contribution in [3.8, 4) is 11.5 Å². The highest BCUT2D eigenvalue weighted by Crippen LogP contribution is 2.22. The standard InChI is InChI=1S/C18H18N4O3/c1-24-14-8-7-13(17(9-14)25-2)10-20-21-18(23)11-22-12-19-15-5-3-4-6-16(15)22/h3-10,12H,11H2,1-2H3,(H,21,23)/b20-10+. The zero-order valence-corrected chi connectivity index (χ0v) is 14.0. The number of fused-ring (bicyclic) bond motifs is 1. The highest BCUT2D eigenvalue weighted by Gasteiger charge is 2.06. The van der Waals surface area contributed by atoms with E-state index >= 15 is 0 Å². The van der Waals surface area contributed by atoms with Crippen molar-refractivity contribution in [2.45, 2.75) is 6.54 Å². The van der Waals surface area contributed by atoms with E-state index in [4.69, 9.17) is 9.47 Å². The third-order valence-electron chi connectivity index (χ3n) is 3.67. The number of amides is 1. The van der Waals surface area contributed by atoms with Gasteiger partial charge in [0.1, 0.15) is 18.0 Å². The fourth-order valence-corrected chi connectivity index (χ4v) is 2.43. The predicted octanol–water partition coefficient (Wildman–Crippen LogP) is 2.20. The van der Waals surface area contributed by atoms with Crippen molar-refractivity contribution in [2.24, 2.45) is 5.10 Å². The van der Waals surface area contributed by atoms with Crippen LogP contribution in [0, 0.1) is 0 Å². The van der Waals surface area contributed by atoms with Crippen LogP contribution >= 0.6 is 0 Å². The molecule has 0 saturated carbocycles. The highest BCUT2D eigenvalue weighted by atomic mass is 16.5. The van der Waals surface area contributed by atoms with E-state index in [0.29, 0.717) is 11.5 Å². The number of rotatable bonds is 6. The lowest BCUT2D eigenvalue weighted by atomic mass is 10.2. The van der Waals surface area contributed by atoms with Crippen LogP contribution in [0.25, 0.3) is 11.0 Å². The molecule has 128 valence electrons. The molecule has 0 aliphatic heterocycles. The molecule has 2 aromatic carbocycles. The molecule has 7 nitrogen and oxygen atoms in total. The van der Waals surface area contributed by atoms with Crippen molar-refractivity contribution in [1.82, 2.24) is 15.0 Å². The van der Waals surface area contributed by atoms with E-state index in [1.54, 1.807) is 43.3 Å². The minimum absolute atomic E-state index is 0.137. The number of hydrogen-bond acceptors (Lipinski definition) is 5. The molecule has 0 aliphatic rings. The largest absolute Gasteiger partial charge is 0.497 e. The second kappa shape index (κ2) is 7.48. The number of carbonyl (C=O) groups is 1. The summed E-state index contributed by atoms with van der Waals surface area (Å²) in [7, 11) is 3.15. The number of ether oxygens (including phenoxy) is 2. The number of nitrogens with zero attached hydrogens (tertiary/aromatic N) is 3.